The van der Waals surface area contributed by atoms with Gasteiger partial charge in [-0.25, -0.2) is 14.6 Å². The highest BCUT2D eigenvalue weighted by Crippen LogP contribution is 2.46. The molecule has 2 aromatic heterocycles. The molecule has 4 heterocycles. The van der Waals surface area contributed by atoms with Crippen molar-refractivity contribution in [1.82, 2.24) is 24.3 Å². The van der Waals surface area contributed by atoms with Gasteiger partial charge in [0, 0.05) is 61.7 Å². The first-order chi connectivity index (χ1) is 24.9. The van der Waals surface area contributed by atoms with Crippen LogP contribution >= 0.6 is 11.6 Å². The maximum atomic E-state index is 13.4. The molecule has 13 nitrogen and oxygen atoms in total. The second kappa shape index (κ2) is 13.9. The van der Waals surface area contributed by atoms with Crippen LogP contribution in [0.15, 0.2) is 58.3 Å². The zero-order valence-electron chi connectivity index (χ0n) is 29.3. The van der Waals surface area contributed by atoms with Crippen molar-refractivity contribution in [1.29, 1.82) is 0 Å². The summed E-state index contributed by atoms with van der Waals surface area (Å²) in [5, 5.41) is 6.25. The number of aromatic nitrogens is 3. The van der Waals surface area contributed by atoms with E-state index < -0.39 is 29.4 Å². The first-order valence-electron chi connectivity index (χ1n) is 17.3. The first kappa shape index (κ1) is 35.0. The third kappa shape index (κ3) is 6.33. The Hall–Kier alpha value is -5.43. The van der Waals surface area contributed by atoms with Crippen molar-refractivity contribution in [3.8, 4) is 28.3 Å². The van der Waals surface area contributed by atoms with Crippen molar-refractivity contribution < 1.29 is 23.9 Å². The largest absolute Gasteiger partial charge is 0.470 e. The summed E-state index contributed by atoms with van der Waals surface area (Å²) in [6.07, 6.45) is 3.40. The number of anilines is 1. The lowest BCUT2D eigenvalue weighted by Crippen LogP contribution is -2.43. The standard InChI is InChI=1S/C38H39ClN6O7/c1-5-23-19-51-38(50)45(17-22-13-15-31(46)40-22)30-14-12-21-16-29(42-35(52-23)32(21)30)26-10-6-9-25(33(26)39)24-8-7-11-28(20(24)2)41-34(47)27-18-43(3)37(49)44(4)36(27)48/h6-11,16,18,22-23,30H,5,12-15,17,19H2,1-4H3,(H,40,46)(H,41,47)/t22?,23?,30-/m0/s1. The lowest BCUT2D eigenvalue weighted by atomic mass is 9.96. The van der Waals surface area contributed by atoms with Gasteiger partial charge in [-0.05, 0) is 61.4 Å². The molecule has 2 unspecified atom stereocenters. The number of cyclic esters (lactones) is 1. The Morgan fingerprint density at radius 3 is 2.54 bits per heavy atom. The molecule has 1 aliphatic carbocycles. The Morgan fingerprint density at radius 2 is 1.79 bits per heavy atom. The number of rotatable bonds is 7. The van der Waals surface area contributed by atoms with Gasteiger partial charge < -0.3 is 24.7 Å². The third-order valence-electron chi connectivity index (χ3n) is 10.2. The van der Waals surface area contributed by atoms with Gasteiger partial charge in [-0.1, -0.05) is 48.9 Å². The number of ether oxygens (including phenoxy) is 2. The van der Waals surface area contributed by atoms with Gasteiger partial charge in [0.05, 0.1) is 16.8 Å². The highest BCUT2D eigenvalue weighted by molar-refractivity contribution is 6.36. The van der Waals surface area contributed by atoms with Crippen molar-refractivity contribution in [3.63, 3.8) is 0 Å². The summed E-state index contributed by atoms with van der Waals surface area (Å²) in [6.45, 7) is 4.21. The summed E-state index contributed by atoms with van der Waals surface area (Å²) in [6, 6.07) is 12.6. The average molecular weight is 727 g/mol. The topological polar surface area (TPSA) is 154 Å². The van der Waals surface area contributed by atoms with Crippen LogP contribution in [0.4, 0.5) is 10.5 Å². The van der Waals surface area contributed by atoms with E-state index in [-0.39, 0.29) is 30.2 Å². The highest BCUT2D eigenvalue weighted by Gasteiger charge is 2.40. The molecule has 1 saturated heterocycles. The number of nitrogens with one attached hydrogen (secondary N) is 2. The normalized spacial score (nSPS) is 19.6. The summed E-state index contributed by atoms with van der Waals surface area (Å²) in [5.74, 6) is -0.222. The Bertz CT molecular complexity index is 2250. The van der Waals surface area contributed by atoms with Crippen molar-refractivity contribution in [2.75, 3.05) is 18.5 Å². The molecule has 1 fully saturated rings. The van der Waals surface area contributed by atoms with E-state index in [9.17, 15) is 24.0 Å². The number of amides is 3. The number of halogens is 1. The molecule has 4 aromatic rings. The van der Waals surface area contributed by atoms with Crippen molar-refractivity contribution in [3.05, 3.63) is 96.8 Å². The number of hydrogen-bond donors (Lipinski definition) is 2. The number of pyridine rings is 1. The first-order valence-corrected chi connectivity index (χ1v) is 17.7. The minimum absolute atomic E-state index is 0.0185. The van der Waals surface area contributed by atoms with Gasteiger partial charge in [-0.3, -0.25) is 23.9 Å². The lowest BCUT2D eigenvalue weighted by Gasteiger charge is -2.30. The maximum Gasteiger partial charge on any atom is 0.410 e. The molecule has 270 valence electrons. The molecule has 2 aliphatic heterocycles. The number of benzene rings is 2. The van der Waals surface area contributed by atoms with Crippen LogP contribution in [-0.4, -0.2) is 62.2 Å². The van der Waals surface area contributed by atoms with E-state index in [2.05, 4.69) is 10.6 Å². The molecule has 0 bridgehead atoms. The molecule has 2 N–H and O–H groups in total. The monoisotopic (exact) mass is 726 g/mol. The Morgan fingerprint density at radius 1 is 1.04 bits per heavy atom. The number of carbonyl (C=O) groups is 3. The van der Waals surface area contributed by atoms with Gasteiger partial charge in [0.1, 0.15) is 18.3 Å². The van der Waals surface area contributed by atoms with Crippen LogP contribution in [0, 0.1) is 6.92 Å². The molecule has 0 radical (unpaired) electrons. The second-order valence-electron chi connectivity index (χ2n) is 13.5. The van der Waals surface area contributed by atoms with Crippen molar-refractivity contribution in [2.24, 2.45) is 14.1 Å². The molecular formula is C38H39ClN6O7. The predicted molar refractivity (Wildman–Crippen MR) is 195 cm³/mol. The summed E-state index contributed by atoms with van der Waals surface area (Å²) in [4.78, 5) is 70.3. The zero-order chi connectivity index (χ0) is 36.8. The highest BCUT2D eigenvalue weighted by atomic mass is 35.5. The Balaban J connectivity index is 1.24. The maximum absolute atomic E-state index is 13.4. The minimum atomic E-state index is -0.692. The van der Waals surface area contributed by atoms with Crippen LogP contribution in [0.2, 0.25) is 5.02 Å². The average Bonchev–Trinajstić information content (AvgIpc) is 3.76. The van der Waals surface area contributed by atoms with E-state index >= 15 is 0 Å². The van der Waals surface area contributed by atoms with Crippen LogP contribution in [-0.2, 0) is 30.0 Å². The summed E-state index contributed by atoms with van der Waals surface area (Å²) in [7, 11) is 2.80. The lowest BCUT2D eigenvalue weighted by molar-refractivity contribution is -0.119. The van der Waals surface area contributed by atoms with Crippen LogP contribution in [0.5, 0.6) is 5.88 Å². The number of hydrogen-bond acceptors (Lipinski definition) is 8. The summed E-state index contributed by atoms with van der Waals surface area (Å²) in [5.41, 5.74) is 4.43. The Labute approximate surface area is 304 Å². The number of aryl methyl sites for hydroxylation is 2. The second-order valence-corrected chi connectivity index (χ2v) is 13.9. The molecular weight excluding hydrogens is 688 g/mol. The van der Waals surface area contributed by atoms with Crippen molar-refractivity contribution in [2.45, 2.75) is 64.1 Å². The van der Waals surface area contributed by atoms with E-state index in [0.717, 1.165) is 26.8 Å². The molecule has 14 heteroatoms. The van der Waals surface area contributed by atoms with E-state index in [4.69, 9.17) is 26.1 Å². The smallest absolute Gasteiger partial charge is 0.410 e. The predicted octanol–water partition coefficient (Wildman–Crippen LogP) is 4.90. The Kier molecular flexibility index (Phi) is 9.38. The fourth-order valence-corrected chi connectivity index (χ4v) is 7.62. The third-order valence-corrected chi connectivity index (χ3v) is 10.6. The van der Waals surface area contributed by atoms with Crippen molar-refractivity contribution >= 4 is 35.2 Å². The quantitative estimate of drug-likeness (QED) is 0.273. The molecule has 2 aromatic carbocycles. The molecule has 52 heavy (non-hydrogen) atoms. The summed E-state index contributed by atoms with van der Waals surface area (Å²) >= 11 is 7.20. The minimum Gasteiger partial charge on any atom is -0.470 e. The molecule has 3 amide bonds. The van der Waals surface area contributed by atoms with Gasteiger partial charge in [0.25, 0.3) is 11.5 Å². The SMILES string of the molecule is CCC1COC(=O)N(CC2CCC(=O)N2)[C@H]2CCc3cc(-c4cccc(-c5cccc(NC(=O)c6cn(C)c(=O)n(C)c6=O)c5C)c4Cl)nc(c32)O1. The fraction of sp³-hybridized carbons (Fsp3) is 0.368. The zero-order valence-corrected chi connectivity index (χ0v) is 30.1. The van der Waals surface area contributed by atoms with Crippen LogP contribution in [0.3, 0.4) is 0 Å². The van der Waals surface area contributed by atoms with Gasteiger partial charge >= 0.3 is 11.8 Å². The fourth-order valence-electron chi connectivity index (χ4n) is 7.30. The number of carbonyl (C=O) groups excluding carboxylic acids is 3. The van der Waals surface area contributed by atoms with Gasteiger partial charge in [0.2, 0.25) is 11.8 Å². The molecule has 0 spiro atoms. The van der Waals surface area contributed by atoms with Crippen LogP contribution in [0.1, 0.15) is 65.7 Å². The van der Waals surface area contributed by atoms with E-state index in [1.165, 1.54) is 24.9 Å². The molecule has 7 rings (SSSR count). The molecule has 0 saturated carbocycles. The van der Waals surface area contributed by atoms with Crippen LogP contribution < -0.4 is 26.6 Å². The van der Waals surface area contributed by atoms with E-state index in [1.807, 2.05) is 44.2 Å². The van der Waals surface area contributed by atoms with Gasteiger partial charge in [-0.2, -0.15) is 0 Å². The van der Waals surface area contributed by atoms with Gasteiger partial charge in [-0.15, -0.1) is 0 Å². The molecule has 3 aliphatic rings. The van der Waals surface area contributed by atoms with Crippen LogP contribution in [0.25, 0.3) is 22.4 Å². The molecule has 3 atom stereocenters. The van der Waals surface area contributed by atoms with E-state index in [0.29, 0.717) is 72.1 Å². The number of nitrogens with zero attached hydrogens (tertiary/aromatic N) is 4. The summed E-state index contributed by atoms with van der Waals surface area (Å²) < 4.78 is 14.3. The van der Waals surface area contributed by atoms with E-state index in [1.54, 1.807) is 17.0 Å². The van der Waals surface area contributed by atoms with Gasteiger partial charge in [0.15, 0.2) is 0 Å².